The van der Waals surface area contributed by atoms with Gasteiger partial charge in [0.05, 0.1) is 13.2 Å². The molecule has 1 aliphatic heterocycles. The zero-order valence-electron chi connectivity index (χ0n) is 36.3. The predicted molar refractivity (Wildman–Crippen MR) is 233 cm³/mol. The van der Waals surface area contributed by atoms with E-state index in [9.17, 15) is 30.0 Å². The van der Waals surface area contributed by atoms with Crippen molar-refractivity contribution in [2.24, 2.45) is 0 Å². The molecule has 0 spiro atoms. The summed E-state index contributed by atoms with van der Waals surface area (Å²) in [5, 5.41) is 40.1. The first kappa shape index (κ1) is 53.4. The van der Waals surface area contributed by atoms with Crippen molar-refractivity contribution in [2.45, 2.75) is 211 Å². The van der Waals surface area contributed by atoms with Crippen LogP contribution in [0.4, 0.5) is 0 Å². The van der Waals surface area contributed by atoms with Crippen LogP contribution in [-0.2, 0) is 28.5 Å². The van der Waals surface area contributed by atoms with Crippen molar-refractivity contribution in [1.29, 1.82) is 0 Å². The van der Waals surface area contributed by atoms with E-state index in [1.165, 1.54) is 51.4 Å². The number of aliphatic hydroxyl groups is 4. The fraction of sp³-hybridized carbons (Fsp3) is 0.750. The van der Waals surface area contributed by atoms with E-state index in [-0.39, 0.29) is 26.1 Å². The summed E-state index contributed by atoms with van der Waals surface area (Å²) in [4.78, 5) is 25.3. The number of hydrogen-bond donors (Lipinski definition) is 4. The molecule has 1 fully saturated rings. The molecule has 6 unspecified atom stereocenters. The Kier molecular flexibility index (Phi) is 35.5. The van der Waals surface area contributed by atoms with Gasteiger partial charge >= 0.3 is 11.9 Å². The summed E-state index contributed by atoms with van der Waals surface area (Å²) in [6.45, 7) is 3.26. The third kappa shape index (κ3) is 29.6. The Morgan fingerprint density at radius 1 is 0.552 bits per heavy atom. The van der Waals surface area contributed by atoms with Gasteiger partial charge in [-0.1, -0.05) is 145 Å². The Morgan fingerprint density at radius 2 is 1.02 bits per heavy atom. The van der Waals surface area contributed by atoms with Crippen molar-refractivity contribution < 1.29 is 49.0 Å². The number of carbonyl (C=O) groups excluding carboxylic acids is 2. The van der Waals surface area contributed by atoms with Crippen LogP contribution < -0.4 is 0 Å². The molecule has 1 heterocycles. The number of carbonyl (C=O) groups is 2. The summed E-state index contributed by atoms with van der Waals surface area (Å²) in [7, 11) is 0. The van der Waals surface area contributed by atoms with Gasteiger partial charge in [-0.3, -0.25) is 9.59 Å². The highest BCUT2D eigenvalue weighted by molar-refractivity contribution is 5.70. The first-order valence-corrected chi connectivity index (χ1v) is 22.9. The molecule has 10 nitrogen and oxygen atoms in total. The van der Waals surface area contributed by atoms with Gasteiger partial charge in [0, 0.05) is 12.8 Å². The van der Waals surface area contributed by atoms with Crippen molar-refractivity contribution in [1.82, 2.24) is 0 Å². The van der Waals surface area contributed by atoms with Crippen molar-refractivity contribution in [3.63, 3.8) is 0 Å². The maximum absolute atomic E-state index is 12.8. The van der Waals surface area contributed by atoms with Gasteiger partial charge in [0.15, 0.2) is 12.4 Å². The average Bonchev–Trinajstić information content (AvgIpc) is 3.22. The van der Waals surface area contributed by atoms with Gasteiger partial charge in [-0.15, -0.1) is 0 Å². The van der Waals surface area contributed by atoms with Crippen LogP contribution in [0.3, 0.4) is 0 Å². The third-order valence-electron chi connectivity index (χ3n) is 10.1. The second-order valence-electron chi connectivity index (χ2n) is 15.5. The van der Waals surface area contributed by atoms with Gasteiger partial charge < -0.3 is 39.4 Å². The summed E-state index contributed by atoms with van der Waals surface area (Å²) in [6.07, 6.45) is 39.3. The van der Waals surface area contributed by atoms with E-state index < -0.39 is 55.4 Å². The van der Waals surface area contributed by atoms with Crippen LogP contribution in [0, 0.1) is 0 Å². The van der Waals surface area contributed by atoms with Gasteiger partial charge in [0.2, 0.25) is 0 Å². The molecule has 1 saturated heterocycles. The minimum Gasteiger partial charge on any atom is -0.462 e. The number of hydrogen-bond acceptors (Lipinski definition) is 10. The van der Waals surface area contributed by atoms with Gasteiger partial charge in [0.1, 0.15) is 31.0 Å². The van der Waals surface area contributed by atoms with Crippen LogP contribution in [0.5, 0.6) is 0 Å². The molecular formula is C48H82O10. The summed E-state index contributed by atoms with van der Waals surface area (Å²) in [5.41, 5.74) is 0. The van der Waals surface area contributed by atoms with Crippen molar-refractivity contribution in [3.05, 3.63) is 60.8 Å². The highest BCUT2D eigenvalue weighted by atomic mass is 16.7. The lowest BCUT2D eigenvalue weighted by atomic mass is 9.99. The van der Waals surface area contributed by atoms with Gasteiger partial charge in [-0.25, -0.2) is 0 Å². The van der Waals surface area contributed by atoms with E-state index in [4.69, 9.17) is 18.9 Å². The van der Waals surface area contributed by atoms with Gasteiger partial charge in [-0.2, -0.15) is 0 Å². The molecular weight excluding hydrogens is 737 g/mol. The summed E-state index contributed by atoms with van der Waals surface area (Å²) in [6, 6.07) is 0. The van der Waals surface area contributed by atoms with E-state index in [2.05, 4.69) is 74.6 Å². The normalized spacial score (nSPS) is 20.7. The second-order valence-corrected chi connectivity index (χ2v) is 15.5. The topological polar surface area (TPSA) is 152 Å². The third-order valence-corrected chi connectivity index (χ3v) is 10.1. The van der Waals surface area contributed by atoms with E-state index in [1.54, 1.807) is 0 Å². The summed E-state index contributed by atoms with van der Waals surface area (Å²) in [5.74, 6) is -0.838. The van der Waals surface area contributed by atoms with Crippen molar-refractivity contribution in [2.75, 3.05) is 19.8 Å². The highest BCUT2D eigenvalue weighted by Gasteiger charge is 2.44. The first-order valence-electron chi connectivity index (χ1n) is 22.9. The molecule has 0 aromatic heterocycles. The molecule has 0 amide bonds. The molecule has 0 aromatic rings. The fourth-order valence-corrected chi connectivity index (χ4v) is 6.53. The Balaban J connectivity index is 2.34. The summed E-state index contributed by atoms with van der Waals surface area (Å²) >= 11 is 0. The minimum absolute atomic E-state index is 0.206. The zero-order chi connectivity index (χ0) is 42.3. The molecule has 0 bridgehead atoms. The molecule has 1 rings (SSSR count). The van der Waals surface area contributed by atoms with Crippen LogP contribution >= 0.6 is 0 Å². The number of rotatable bonds is 37. The number of aliphatic hydroxyl groups excluding tert-OH is 4. The molecule has 4 N–H and O–H groups in total. The molecule has 58 heavy (non-hydrogen) atoms. The smallest absolute Gasteiger partial charge is 0.306 e. The molecule has 0 aliphatic carbocycles. The van der Waals surface area contributed by atoms with Crippen LogP contribution in [0.25, 0.3) is 0 Å². The van der Waals surface area contributed by atoms with Crippen LogP contribution in [-0.4, -0.2) is 89.0 Å². The number of ether oxygens (including phenoxy) is 4. The molecule has 10 heteroatoms. The van der Waals surface area contributed by atoms with Crippen LogP contribution in [0.15, 0.2) is 60.8 Å². The standard InChI is InChI=1S/C48H82O10/c1-3-5-7-9-11-13-15-17-19-20-21-23-24-26-28-30-32-34-36-43(50)55-39-41(40-56-48-47(54)46(53)45(52)42(38-49)58-48)57-44(51)37-35-33-31-29-27-25-22-18-16-14-12-10-8-6-4-2/h6,8,12-15,18-20,22,41-42,45-49,52-54H,3-5,7,9-11,16-17,21,23-40H2,1-2H3/b8-6-,14-12-,15-13-,20-19-,22-18-. The zero-order valence-corrected chi connectivity index (χ0v) is 36.3. The lowest BCUT2D eigenvalue weighted by Crippen LogP contribution is -2.59. The lowest BCUT2D eigenvalue weighted by molar-refractivity contribution is -0.305. The van der Waals surface area contributed by atoms with E-state index in [0.717, 1.165) is 83.5 Å². The average molecular weight is 819 g/mol. The quantitative estimate of drug-likeness (QED) is 0.0271. The maximum atomic E-state index is 12.8. The molecule has 0 radical (unpaired) electrons. The number of unbranched alkanes of at least 4 members (excludes halogenated alkanes) is 16. The SMILES string of the molecule is CC/C=C\C/C=C\C/C=C\CCCCCCCC(=O)OC(COC(=O)CCCCCCCCC/C=C\C/C=C\CCCCCC)COC1OC(CO)C(O)C(O)C1O. The van der Waals surface area contributed by atoms with Gasteiger partial charge in [0.25, 0.3) is 0 Å². The Bertz CT molecular complexity index is 1130. The Labute approximate surface area is 351 Å². The van der Waals surface area contributed by atoms with Crippen LogP contribution in [0.1, 0.15) is 174 Å². The molecule has 1 aliphatic rings. The highest BCUT2D eigenvalue weighted by Crippen LogP contribution is 2.22. The predicted octanol–water partition coefficient (Wildman–Crippen LogP) is 9.83. The van der Waals surface area contributed by atoms with E-state index >= 15 is 0 Å². The Morgan fingerprint density at radius 3 is 1.53 bits per heavy atom. The first-order chi connectivity index (χ1) is 28.3. The number of allylic oxidation sites excluding steroid dienone is 10. The summed E-state index contributed by atoms with van der Waals surface area (Å²) < 4.78 is 22.1. The van der Waals surface area contributed by atoms with E-state index in [1.807, 2.05) is 0 Å². The monoisotopic (exact) mass is 819 g/mol. The fourth-order valence-electron chi connectivity index (χ4n) is 6.53. The Hall–Kier alpha value is -2.60. The maximum Gasteiger partial charge on any atom is 0.306 e. The second kappa shape index (κ2) is 38.6. The van der Waals surface area contributed by atoms with Crippen molar-refractivity contribution >= 4 is 11.9 Å². The largest absolute Gasteiger partial charge is 0.462 e. The number of esters is 2. The minimum atomic E-state index is -1.60. The lowest BCUT2D eigenvalue weighted by Gasteiger charge is -2.39. The molecule has 6 atom stereocenters. The molecule has 334 valence electrons. The molecule has 0 saturated carbocycles. The van der Waals surface area contributed by atoms with Crippen molar-refractivity contribution in [3.8, 4) is 0 Å². The molecule has 0 aromatic carbocycles. The van der Waals surface area contributed by atoms with Crippen LogP contribution in [0.2, 0.25) is 0 Å². The van der Waals surface area contributed by atoms with E-state index in [0.29, 0.717) is 12.8 Å². The van der Waals surface area contributed by atoms with Gasteiger partial charge in [-0.05, 0) is 77.0 Å².